The van der Waals surface area contributed by atoms with Gasteiger partial charge in [-0.05, 0) is 48.7 Å². The van der Waals surface area contributed by atoms with E-state index in [1.807, 2.05) is 44.2 Å². The molecule has 0 amide bonds. The molecule has 0 saturated carbocycles. The number of ether oxygens (including phenoxy) is 1. The summed E-state index contributed by atoms with van der Waals surface area (Å²) < 4.78 is 4.84. The van der Waals surface area contributed by atoms with E-state index in [9.17, 15) is 9.90 Å². The van der Waals surface area contributed by atoms with Gasteiger partial charge in [-0.3, -0.25) is 0 Å². The number of benzene rings is 2. The molecule has 0 heterocycles. The molecule has 0 spiro atoms. The fourth-order valence-corrected chi connectivity index (χ4v) is 2.79. The van der Waals surface area contributed by atoms with Gasteiger partial charge in [0.15, 0.2) is 0 Å². The van der Waals surface area contributed by atoms with Crippen molar-refractivity contribution in [3.8, 4) is 0 Å². The van der Waals surface area contributed by atoms with Crippen molar-refractivity contribution in [1.82, 2.24) is 0 Å². The number of carbonyl (C=O) groups excluding carboxylic acids is 1. The van der Waals surface area contributed by atoms with Gasteiger partial charge in [0.1, 0.15) is 6.61 Å². The molecule has 0 saturated heterocycles. The van der Waals surface area contributed by atoms with Crippen molar-refractivity contribution in [3.63, 3.8) is 0 Å². The summed E-state index contributed by atoms with van der Waals surface area (Å²) in [5.74, 6) is -0.513. The highest BCUT2D eigenvalue weighted by atomic mass is 35.5. The van der Waals surface area contributed by atoms with E-state index in [0.717, 1.165) is 16.7 Å². The molecular formula is C21H22ClNO4. The Labute approximate surface area is 163 Å². The van der Waals surface area contributed by atoms with Crippen LogP contribution in [0.1, 0.15) is 29.2 Å². The Kier molecular flexibility index (Phi) is 7.58. The standard InChI is InChI=1S/C21H22ClNO4/c1-14-5-4-6-17(20(14)19(11-12-24)21(25)26-3)13-27-23-15(2)16-7-9-18(22)10-8-16/h4-11,24H,12-13H2,1-3H3/b19-11+,23-15+. The quantitative estimate of drug-likeness (QED) is 0.335. The van der Waals surface area contributed by atoms with Crippen LogP contribution in [0.25, 0.3) is 5.57 Å². The Bertz CT molecular complexity index is 857. The van der Waals surface area contributed by atoms with Crippen LogP contribution in [0.2, 0.25) is 5.02 Å². The number of esters is 1. The van der Waals surface area contributed by atoms with Gasteiger partial charge >= 0.3 is 5.97 Å². The molecule has 0 aliphatic heterocycles. The van der Waals surface area contributed by atoms with Crippen LogP contribution in [-0.4, -0.2) is 30.5 Å². The molecule has 0 fully saturated rings. The molecule has 0 unspecified atom stereocenters. The molecule has 6 heteroatoms. The summed E-state index contributed by atoms with van der Waals surface area (Å²) in [5.41, 5.74) is 4.24. The van der Waals surface area contributed by atoms with Gasteiger partial charge in [0.25, 0.3) is 0 Å². The second-order valence-corrected chi connectivity index (χ2v) is 6.29. The first-order valence-electron chi connectivity index (χ1n) is 8.38. The third-order valence-corrected chi connectivity index (χ3v) is 4.26. The van der Waals surface area contributed by atoms with Gasteiger partial charge in [0, 0.05) is 10.6 Å². The number of methoxy groups -OCH3 is 1. The van der Waals surface area contributed by atoms with Crippen molar-refractivity contribution in [1.29, 1.82) is 0 Å². The molecular weight excluding hydrogens is 366 g/mol. The minimum Gasteiger partial charge on any atom is -0.465 e. The van der Waals surface area contributed by atoms with Crippen molar-refractivity contribution in [3.05, 3.63) is 75.8 Å². The molecule has 2 aromatic rings. The minimum atomic E-state index is -0.513. The van der Waals surface area contributed by atoms with Crippen LogP contribution in [0.5, 0.6) is 0 Å². The Morgan fingerprint density at radius 3 is 2.56 bits per heavy atom. The maximum absolute atomic E-state index is 12.1. The largest absolute Gasteiger partial charge is 0.465 e. The fourth-order valence-electron chi connectivity index (χ4n) is 2.67. The van der Waals surface area contributed by atoms with E-state index in [1.165, 1.54) is 13.2 Å². The van der Waals surface area contributed by atoms with Gasteiger partial charge in [-0.15, -0.1) is 0 Å². The highest BCUT2D eigenvalue weighted by Gasteiger charge is 2.18. The number of aliphatic hydroxyl groups is 1. The van der Waals surface area contributed by atoms with Gasteiger partial charge in [0.05, 0.1) is 25.0 Å². The number of rotatable bonds is 7. The number of oxime groups is 1. The summed E-state index contributed by atoms with van der Waals surface area (Å²) in [5, 5.41) is 14.1. The molecule has 1 N–H and O–H groups in total. The Hall–Kier alpha value is -2.63. The summed E-state index contributed by atoms with van der Waals surface area (Å²) in [4.78, 5) is 17.6. The van der Waals surface area contributed by atoms with Crippen LogP contribution in [0, 0.1) is 6.92 Å². The maximum atomic E-state index is 12.1. The lowest BCUT2D eigenvalue weighted by Crippen LogP contribution is -2.09. The lowest BCUT2D eigenvalue weighted by molar-refractivity contribution is -0.133. The molecule has 0 aliphatic rings. The predicted octanol–water partition coefficient (Wildman–Crippen LogP) is 4.14. The molecule has 0 bridgehead atoms. The number of hydrogen-bond donors (Lipinski definition) is 1. The van der Waals surface area contributed by atoms with E-state index >= 15 is 0 Å². The van der Waals surface area contributed by atoms with E-state index in [1.54, 1.807) is 12.1 Å². The number of halogens is 1. The van der Waals surface area contributed by atoms with Crippen LogP contribution in [0.4, 0.5) is 0 Å². The minimum absolute atomic E-state index is 0.168. The van der Waals surface area contributed by atoms with E-state index < -0.39 is 5.97 Å². The second-order valence-electron chi connectivity index (χ2n) is 5.86. The third-order valence-electron chi connectivity index (χ3n) is 4.01. The van der Waals surface area contributed by atoms with E-state index in [-0.39, 0.29) is 13.2 Å². The number of aryl methyl sites for hydroxylation is 1. The normalized spacial score (nSPS) is 12.0. The molecule has 27 heavy (non-hydrogen) atoms. The average Bonchev–Trinajstić information content (AvgIpc) is 2.66. The summed E-state index contributed by atoms with van der Waals surface area (Å²) in [6.45, 7) is 3.62. The van der Waals surface area contributed by atoms with Crippen LogP contribution in [0.3, 0.4) is 0 Å². The van der Waals surface area contributed by atoms with Crippen molar-refractivity contribution in [2.75, 3.05) is 13.7 Å². The predicted molar refractivity (Wildman–Crippen MR) is 107 cm³/mol. The van der Waals surface area contributed by atoms with E-state index in [2.05, 4.69) is 5.16 Å². The molecule has 5 nitrogen and oxygen atoms in total. The Morgan fingerprint density at radius 2 is 1.93 bits per heavy atom. The first kappa shape index (κ1) is 20.7. The Balaban J connectivity index is 2.25. The first-order chi connectivity index (χ1) is 13.0. The average molecular weight is 388 g/mol. The summed E-state index contributed by atoms with van der Waals surface area (Å²) in [7, 11) is 1.31. The lowest BCUT2D eigenvalue weighted by Gasteiger charge is -2.14. The maximum Gasteiger partial charge on any atom is 0.338 e. The van der Waals surface area contributed by atoms with E-state index in [0.29, 0.717) is 21.9 Å². The summed E-state index contributed by atoms with van der Waals surface area (Å²) in [6.07, 6.45) is 1.43. The molecule has 2 aromatic carbocycles. The van der Waals surface area contributed by atoms with Gasteiger partial charge in [0.2, 0.25) is 0 Å². The zero-order valence-electron chi connectivity index (χ0n) is 15.5. The monoisotopic (exact) mass is 387 g/mol. The van der Waals surface area contributed by atoms with Crippen molar-refractivity contribution in [2.45, 2.75) is 20.5 Å². The smallest absolute Gasteiger partial charge is 0.338 e. The third kappa shape index (κ3) is 5.42. The topological polar surface area (TPSA) is 68.1 Å². The highest BCUT2D eigenvalue weighted by Crippen LogP contribution is 2.25. The second kappa shape index (κ2) is 9.90. The number of carbonyl (C=O) groups is 1. The van der Waals surface area contributed by atoms with Crippen LogP contribution in [0.15, 0.2) is 53.7 Å². The van der Waals surface area contributed by atoms with Gasteiger partial charge in [-0.2, -0.15) is 0 Å². The van der Waals surface area contributed by atoms with E-state index in [4.69, 9.17) is 21.2 Å². The highest BCUT2D eigenvalue weighted by molar-refractivity contribution is 6.30. The molecule has 0 atom stereocenters. The number of hydrogen-bond acceptors (Lipinski definition) is 5. The van der Waals surface area contributed by atoms with Gasteiger partial charge in [-0.1, -0.05) is 47.1 Å². The van der Waals surface area contributed by atoms with Crippen molar-refractivity contribution >= 4 is 28.9 Å². The summed E-state index contributed by atoms with van der Waals surface area (Å²) in [6, 6.07) is 12.9. The van der Waals surface area contributed by atoms with Crippen LogP contribution < -0.4 is 0 Å². The SMILES string of the molecule is COC(=O)/C(=C/CO)c1c(C)cccc1CO/N=C(\C)c1ccc(Cl)cc1. The van der Waals surface area contributed by atoms with Crippen molar-refractivity contribution in [2.24, 2.45) is 5.16 Å². The van der Waals surface area contributed by atoms with Gasteiger partial charge in [-0.25, -0.2) is 4.79 Å². The zero-order chi connectivity index (χ0) is 19.8. The zero-order valence-corrected chi connectivity index (χ0v) is 16.3. The van der Waals surface area contributed by atoms with Crippen molar-refractivity contribution < 1.29 is 19.5 Å². The lowest BCUT2D eigenvalue weighted by atomic mass is 9.95. The van der Waals surface area contributed by atoms with Gasteiger partial charge < -0.3 is 14.7 Å². The fraction of sp³-hybridized carbons (Fsp3) is 0.238. The number of nitrogens with zero attached hydrogens (tertiary/aromatic N) is 1. The first-order valence-corrected chi connectivity index (χ1v) is 8.76. The molecule has 0 aromatic heterocycles. The van der Waals surface area contributed by atoms with Crippen LogP contribution >= 0.6 is 11.6 Å². The molecule has 0 radical (unpaired) electrons. The number of aliphatic hydroxyl groups excluding tert-OH is 1. The Morgan fingerprint density at radius 1 is 1.22 bits per heavy atom. The summed E-state index contributed by atoms with van der Waals surface area (Å²) >= 11 is 5.89. The molecule has 142 valence electrons. The molecule has 0 aliphatic carbocycles. The van der Waals surface area contributed by atoms with Crippen LogP contribution in [-0.2, 0) is 21.0 Å². The molecule has 2 rings (SSSR count).